The maximum atomic E-state index is 12.5. The molecule has 0 aliphatic heterocycles. The third-order valence-corrected chi connectivity index (χ3v) is 4.39. The van der Waals surface area contributed by atoms with Crippen molar-refractivity contribution < 1.29 is 23.7 Å². The van der Waals surface area contributed by atoms with Crippen LogP contribution in [0.4, 0.5) is 0 Å². The van der Waals surface area contributed by atoms with Crippen LogP contribution in [0, 0.1) is 12.3 Å². The molecule has 29 heavy (non-hydrogen) atoms. The predicted molar refractivity (Wildman–Crippen MR) is 112 cm³/mol. The Morgan fingerprint density at radius 2 is 1.76 bits per heavy atom. The number of halogens is 2. The zero-order valence-electron chi connectivity index (χ0n) is 16.0. The summed E-state index contributed by atoms with van der Waals surface area (Å²) in [6.07, 6.45) is 4.39. The van der Waals surface area contributed by atoms with Crippen molar-refractivity contribution in [3.63, 3.8) is 0 Å². The first-order valence-corrected chi connectivity index (χ1v) is 9.38. The van der Waals surface area contributed by atoms with Crippen molar-refractivity contribution >= 4 is 29.1 Å². The van der Waals surface area contributed by atoms with Gasteiger partial charge in [-0.2, -0.15) is 0 Å². The Labute approximate surface area is 180 Å². The number of benzene rings is 2. The Morgan fingerprint density at radius 3 is 2.38 bits per heavy atom. The molecule has 1 atom stereocenters. The third kappa shape index (κ3) is 6.47. The molecular formula is C21H21Cl2NO5. The highest BCUT2D eigenvalue weighted by Gasteiger charge is 2.21. The van der Waals surface area contributed by atoms with E-state index in [1.165, 1.54) is 14.2 Å². The van der Waals surface area contributed by atoms with Crippen LogP contribution in [-0.4, -0.2) is 39.9 Å². The van der Waals surface area contributed by atoms with Gasteiger partial charge in [0.1, 0.15) is 19.0 Å². The molecule has 0 fully saturated rings. The van der Waals surface area contributed by atoms with Gasteiger partial charge >= 0.3 is 0 Å². The molecule has 0 spiro atoms. The smallest absolute Gasteiger partial charge is 0.253 e. The highest BCUT2D eigenvalue weighted by Crippen LogP contribution is 2.37. The monoisotopic (exact) mass is 437 g/mol. The van der Waals surface area contributed by atoms with Crippen LogP contribution in [0.1, 0.15) is 11.7 Å². The lowest BCUT2D eigenvalue weighted by atomic mass is 10.1. The summed E-state index contributed by atoms with van der Waals surface area (Å²) in [6.45, 7) is 0.412. The predicted octanol–water partition coefficient (Wildman–Crippen LogP) is 3.90. The number of hydrogen-bond donors (Lipinski definition) is 1. The topological polar surface area (TPSA) is 66.0 Å². The second-order valence-corrected chi connectivity index (χ2v) is 6.57. The van der Waals surface area contributed by atoms with Crippen molar-refractivity contribution in [1.82, 2.24) is 5.32 Å². The maximum Gasteiger partial charge on any atom is 0.253 e. The van der Waals surface area contributed by atoms with Crippen LogP contribution in [0.5, 0.6) is 17.2 Å². The highest BCUT2D eigenvalue weighted by molar-refractivity contribution is 6.32. The van der Waals surface area contributed by atoms with E-state index >= 15 is 0 Å². The van der Waals surface area contributed by atoms with E-state index in [1.807, 2.05) is 0 Å². The summed E-state index contributed by atoms with van der Waals surface area (Å²) in [5.74, 6) is 3.41. The van der Waals surface area contributed by atoms with E-state index < -0.39 is 6.10 Å². The van der Waals surface area contributed by atoms with E-state index in [9.17, 15) is 4.79 Å². The maximum absolute atomic E-state index is 12.5. The average molecular weight is 438 g/mol. The lowest BCUT2D eigenvalue weighted by Crippen LogP contribution is -2.34. The fourth-order valence-electron chi connectivity index (χ4n) is 2.47. The summed E-state index contributed by atoms with van der Waals surface area (Å²) in [5, 5.41) is 3.68. The molecule has 8 heteroatoms. The number of rotatable bonds is 10. The van der Waals surface area contributed by atoms with E-state index in [4.69, 9.17) is 48.6 Å². The molecule has 0 saturated carbocycles. The van der Waals surface area contributed by atoms with E-state index in [0.29, 0.717) is 32.9 Å². The number of nitrogens with one attached hydrogen (secondary N) is 1. The Morgan fingerprint density at radius 1 is 1.10 bits per heavy atom. The first-order valence-electron chi connectivity index (χ1n) is 8.62. The Kier molecular flexibility index (Phi) is 8.94. The first-order chi connectivity index (χ1) is 14.0. The number of ether oxygens (including phenoxy) is 4. The van der Waals surface area contributed by atoms with E-state index in [-0.39, 0.29) is 25.7 Å². The fraction of sp³-hybridized carbons (Fsp3) is 0.286. The highest BCUT2D eigenvalue weighted by atomic mass is 35.5. The summed E-state index contributed by atoms with van der Waals surface area (Å²) < 4.78 is 21.5. The average Bonchev–Trinajstić information content (AvgIpc) is 2.73. The normalized spacial score (nSPS) is 11.3. The summed E-state index contributed by atoms with van der Waals surface area (Å²) in [6, 6.07) is 10.00. The molecule has 6 nitrogen and oxygen atoms in total. The van der Waals surface area contributed by atoms with Crippen molar-refractivity contribution in [3.05, 3.63) is 52.0 Å². The lowest BCUT2D eigenvalue weighted by Gasteiger charge is -2.17. The molecule has 0 aliphatic carbocycles. The van der Waals surface area contributed by atoms with Crippen LogP contribution in [0.2, 0.25) is 10.0 Å². The van der Waals surface area contributed by atoms with E-state index in [2.05, 4.69) is 11.2 Å². The quantitative estimate of drug-likeness (QED) is 0.450. The number of terminal acetylenes is 1. The zero-order chi connectivity index (χ0) is 21.2. The van der Waals surface area contributed by atoms with Crippen LogP contribution in [0.3, 0.4) is 0 Å². The fourth-order valence-corrected chi connectivity index (χ4v) is 2.80. The molecule has 1 unspecified atom stereocenters. The van der Waals surface area contributed by atoms with Gasteiger partial charge in [-0.1, -0.05) is 41.3 Å². The van der Waals surface area contributed by atoms with Gasteiger partial charge in [0, 0.05) is 17.2 Å². The van der Waals surface area contributed by atoms with Crippen molar-refractivity contribution in [2.45, 2.75) is 6.10 Å². The van der Waals surface area contributed by atoms with Gasteiger partial charge in [-0.05, 0) is 17.7 Å². The van der Waals surface area contributed by atoms with Crippen molar-refractivity contribution in [2.75, 3.05) is 34.0 Å². The molecule has 0 bridgehead atoms. The minimum atomic E-state index is -0.854. The van der Waals surface area contributed by atoms with Crippen LogP contribution >= 0.6 is 23.2 Å². The summed E-state index contributed by atoms with van der Waals surface area (Å²) in [5.41, 5.74) is 0.644. The Bertz CT molecular complexity index is 865. The second-order valence-electron chi connectivity index (χ2n) is 5.72. The van der Waals surface area contributed by atoms with E-state index in [1.54, 1.807) is 36.4 Å². The van der Waals surface area contributed by atoms with Gasteiger partial charge in [-0.3, -0.25) is 4.79 Å². The largest absolute Gasteiger partial charge is 0.493 e. The van der Waals surface area contributed by atoms with Gasteiger partial charge in [-0.15, -0.1) is 6.42 Å². The number of carbonyl (C=O) groups is 1. The van der Waals surface area contributed by atoms with Crippen LogP contribution in [0.15, 0.2) is 36.4 Å². The van der Waals surface area contributed by atoms with Gasteiger partial charge in [0.2, 0.25) is 0 Å². The lowest BCUT2D eigenvalue weighted by molar-refractivity contribution is -0.132. The molecule has 0 aliphatic rings. The van der Waals surface area contributed by atoms with Crippen molar-refractivity contribution in [1.29, 1.82) is 0 Å². The minimum absolute atomic E-state index is 0.00152. The molecule has 2 aromatic carbocycles. The molecule has 0 radical (unpaired) electrons. The first kappa shape index (κ1) is 22.7. The Hall–Kier alpha value is -2.59. The minimum Gasteiger partial charge on any atom is -0.493 e. The summed E-state index contributed by atoms with van der Waals surface area (Å²) in [4.78, 5) is 12.5. The molecular weight excluding hydrogens is 417 g/mol. The zero-order valence-corrected chi connectivity index (χ0v) is 17.5. The van der Waals surface area contributed by atoms with Crippen LogP contribution < -0.4 is 19.5 Å². The van der Waals surface area contributed by atoms with Crippen LogP contribution in [0.25, 0.3) is 0 Å². The molecule has 1 amide bonds. The number of methoxy groups -OCH3 is 2. The number of carbonyl (C=O) groups excluding carboxylic acids is 1. The van der Waals surface area contributed by atoms with Gasteiger partial charge in [0.15, 0.2) is 17.6 Å². The number of hydrogen-bond acceptors (Lipinski definition) is 5. The van der Waals surface area contributed by atoms with E-state index in [0.717, 1.165) is 0 Å². The molecule has 0 heterocycles. The molecule has 2 aromatic rings. The number of amides is 1. The van der Waals surface area contributed by atoms with Gasteiger partial charge in [0.25, 0.3) is 5.91 Å². The standard InChI is InChI=1S/C21H21Cl2NO5/c1-4-10-29-20(14-5-7-15(22)8-6-14)21(25)24-9-11-28-17-13-19(27-3)18(26-2)12-16(17)23/h1,5-8,12-13,20H,9-11H2,2-3H3,(H,24,25). The molecule has 0 saturated heterocycles. The van der Waals surface area contributed by atoms with Crippen molar-refractivity contribution in [3.8, 4) is 29.6 Å². The Balaban J connectivity index is 1.95. The SMILES string of the molecule is C#CCOC(C(=O)NCCOc1cc(OC)c(OC)cc1Cl)c1ccc(Cl)cc1. The molecule has 154 valence electrons. The van der Waals surface area contributed by atoms with Crippen LogP contribution in [-0.2, 0) is 9.53 Å². The molecule has 0 aromatic heterocycles. The van der Waals surface area contributed by atoms with Gasteiger partial charge in [-0.25, -0.2) is 0 Å². The molecule has 2 rings (SSSR count). The van der Waals surface area contributed by atoms with Gasteiger partial charge in [0.05, 0.1) is 25.8 Å². The molecule has 1 N–H and O–H groups in total. The summed E-state index contributed by atoms with van der Waals surface area (Å²) in [7, 11) is 3.03. The summed E-state index contributed by atoms with van der Waals surface area (Å²) >= 11 is 12.1. The van der Waals surface area contributed by atoms with Crippen molar-refractivity contribution in [2.24, 2.45) is 0 Å². The van der Waals surface area contributed by atoms with Gasteiger partial charge < -0.3 is 24.3 Å². The third-order valence-electron chi connectivity index (χ3n) is 3.84. The second kappa shape index (κ2) is 11.4.